The molecule has 0 saturated heterocycles. The summed E-state index contributed by atoms with van der Waals surface area (Å²) >= 11 is 0. The smallest absolute Gasteiger partial charge is 0.142 e. The number of hydrogen-bond acceptors (Lipinski definition) is 3. The van der Waals surface area contributed by atoms with Crippen molar-refractivity contribution >= 4 is 17.1 Å². The summed E-state index contributed by atoms with van der Waals surface area (Å²) in [5.41, 5.74) is 5.00. The van der Waals surface area contributed by atoms with E-state index in [0.717, 1.165) is 24.4 Å². The first kappa shape index (κ1) is 12.9. The molecule has 2 aromatic carbocycles. The number of nitrogens with one attached hydrogen (secondary N) is 1. The van der Waals surface area contributed by atoms with Crippen molar-refractivity contribution in [2.75, 3.05) is 30.9 Å². The second-order valence-electron chi connectivity index (χ2n) is 5.06. The maximum atomic E-state index is 5.47. The molecule has 0 spiro atoms. The highest BCUT2D eigenvalue weighted by molar-refractivity contribution is 5.75. The van der Waals surface area contributed by atoms with Gasteiger partial charge >= 0.3 is 0 Å². The van der Waals surface area contributed by atoms with Crippen molar-refractivity contribution in [3.05, 3.63) is 48.0 Å². The molecular formula is C17H20N2O. The summed E-state index contributed by atoms with van der Waals surface area (Å²) in [6.07, 6.45) is 2.31. The van der Waals surface area contributed by atoms with E-state index in [1.165, 1.54) is 23.4 Å². The molecule has 1 aliphatic rings. The highest BCUT2D eigenvalue weighted by Crippen LogP contribution is 2.37. The lowest BCUT2D eigenvalue weighted by Gasteiger charge is -2.28. The third-order valence-corrected chi connectivity index (χ3v) is 3.88. The van der Waals surface area contributed by atoms with E-state index in [0.29, 0.717) is 0 Å². The first-order valence-electron chi connectivity index (χ1n) is 7.04. The number of benzene rings is 2. The van der Waals surface area contributed by atoms with Crippen LogP contribution in [0.2, 0.25) is 0 Å². The van der Waals surface area contributed by atoms with Gasteiger partial charge in [0.2, 0.25) is 0 Å². The fourth-order valence-electron chi connectivity index (χ4n) is 2.84. The zero-order valence-corrected chi connectivity index (χ0v) is 12.0. The van der Waals surface area contributed by atoms with Crippen molar-refractivity contribution < 1.29 is 4.74 Å². The molecule has 0 unspecified atom stereocenters. The maximum absolute atomic E-state index is 5.47. The monoisotopic (exact) mass is 268 g/mol. The Hall–Kier alpha value is -2.16. The first-order chi connectivity index (χ1) is 9.81. The van der Waals surface area contributed by atoms with E-state index < -0.39 is 0 Å². The summed E-state index contributed by atoms with van der Waals surface area (Å²) in [7, 11) is 3.82. The number of rotatable bonds is 3. The van der Waals surface area contributed by atoms with Crippen LogP contribution in [0.5, 0.6) is 5.75 Å². The highest BCUT2D eigenvalue weighted by Gasteiger charge is 2.17. The van der Waals surface area contributed by atoms with Crippen LogP contribution >= 0.6 is 0 Å². The topological polar surface area (TPSA) is 24.5 Å². The molecule has 0 aromatic heterocycles. The molecule has 3 nitrogen and oxygen atoms in total. The highest BCUT2D eigenvalue weighted by atomic mass is 16.5. The van der Waals surface area contributed by atoms with E-state index in [2.05, 4.69) is 41.5 Å². The van der Waals surface area contributed by atoms with Crippen LogP contribution in [0.25, 0.3) is 0 Å². The Balaban J connectivity index is 2.04. The molecular weight excluding hydrogens is 248 g/mol. The van der Waals surface area contributed by atoms with Crippen molar-refractivity contribution in [3.8, 4) is 5.75 Å². The maximum Gasteiger partial charge on any atom is 0.142 e. The van der Waals surface area contributed by atoms with Gasteiger partial charge in [0.05, 0.1) is 12.8 Å². The Kier molecular flexibility index (Phi) is 3.50. The fraction of sp³-hybridized carbons (Fsp3) is 0.294. The molecule has 3 heteroatoms. The largest absolute Gasteiger partial charge is 0.495 e. The molecule has 104 valence electrons. The second-order valence-corrected chi connectivity index (χ2v) is 5.06. The van der Waals surface area contributed by atoms with Gasteiger partial charge in [-0.2, -0.15) is 0 Å². The van der Waals surface area contributed by atoms with Gasteiger partial charge in [-0.05, 0) is 42.7 Å². The van der Waals surface area contributed by atoms with Gasteiger partial charge in [0.25, 0.3) is 0 Å². The predicted molar refractivity (Wildman–Crippen MR) is 84.3 cm³/mol. The Morgan fingerprint density at radius 3 is 2.70 bits per heavy atom. The lowest BCUT2D eigenvalue weighted by molar-refractivity contribution is 0.415. The average molecular weight is 268 g/mol. The molecule has 0 atom stereocenters. The van der Waals surface area contributed by atoms with Gasteiger partial charge < -0.3 is 15.0 Å². The van der Waals surface area contributed by atoms with Crippen LogP contribution in [-0.4, -0.2) is 20.7 Å². The van der Waals surface area contributed by atoms with Gasteiger partial charge in [-0.3, -0.25) is 0 Å². The van der Waals surface area contributed by atoms with E-state index >= 15 is 0 Å². The number of methoxy groups -OCH3 is 1. The number of hydrogen-bond donors (Lipinski definition) is 1. The number of fused-ring (bicyclic) bond motifs is 1. The average Bonchev–Trinajstić information content (AvgIpc) is 2.53. The van der Waals surface area contributed by atoms with E-state index in [1.54, 1.807) is 7.11 Å². The predicted octanol–water partition coefficient (Wildman–Crippen LogP) is 3.82. The van der Waals surface area contributed by atoms with Gasteiger partial charge in [0.1, 0.15) is 5.75 Å². The van der Waals surface area contributed by atoms with Gasteiger partial charge in [-0.1, -0.05) is 18.2 Å². The van der Waals surface area contributed by atoms with Crippen molar-refractivity contribution in [2.24, 2.45) is 0 Å². The van der Waals surface area contributed by atoms with Gasteiger partial charge in [0.15, 0.2) is 0 Å². The molecule has 0 amide bonds. The molecule has 0 fully saturated rings. The Bertz CT molecular complexity index is 610. The molecule has 1 aliphatic heterocycles. The summed E-state index contributed by atoms with van der Waals surface area (Å²) < 4.78 is 5.47. The Morgan fingerprint density at radius 2 is 1.85 bits per heavy atom. The molecule has 0 bridgehead atoms. The van der Waals surface area contributed by atoms with E-state index in [9.17, 15) is 0 Å². The third-order valence-electron chi connectivity index (χ3n) is 3.88. The van der Waals surface area contributed by atoms with Crippen molar-refractivity contribution in [1.82, 2.24) is 0 Å². The molecule has 20 heavy (non-hydrogen) atoms. The van der Waals surface area contributed by atoms with Crippen LogP contribution in [0.3, 0.4) is 0 Å². The second kappa shape index (κ2) is 5.45. The molecule has 2 aromatic rings. The fourth-order valence-corrected chi connectivity index (χ4v) is 2.84. The summed E-state index contributed by atoms with van der Waals surface area (Å²) in [6, 6.07) is 14.6. The first-order valence-corrected chi connectivity index (χ1v) is 7.04. The van der Waals surface area contributed by atoms with E-state index in [-0.39, 0.29) is 0 Å². The molecule has 1 heterocycles. The zero-order chi connectivity index (χ0) is 13.9. The summed E-state index contributed by atoms with van der Waals surface area (Å²) in [6.45, 7) is 1.06. The lowest BCUT2D eigenvalue weighted by Crippen LogP contribution is -2.18. The zero-order valence-electron chi connectivity index (χ0n) is 12.0. The number of anilines is 3. The minimum absolute atomic E-state index is 0.899. The summed E-state index contributed by atoms with van der Waals surface area (Å²) in [4.78, 5) is 2.21. The van der Waals surface area contributed by atoms with Gasteiger partial charge in [0, 0.05) is 25.0 Å². The van der Waals surface area contributed by atoms with E-state index in [1.807, 2.05) is 18.2 Å². The standard InChI is InChI=1S/C17H20N2O/c1-19(16-9-3-4-11-17(16)20-2)15-10-5-8-14-13(15)7-6-12-18-14/h3-5,8-11,18H,6-7,12H2,1-2H3. The number of ether oxygens (including phenoxy) is 1. The van der Waals surface area contributed by atoms with Crippen LogP contribution in [0.15, 0.2) is 42.5 Å². The Morgan fingerprint density at radius 1 is 1.05 bits per heavy atom. The number of nitrogens with zero attached hydrogens (tertiary/aromatic N) is 1. The molecule has 0 aliphatic carbocycles. The van der Waals surface area contributed by atoms with Crippen molar-refractivity contribution in [2.45, 2.75) is 12.8 Å². The van der Waals surface area contributed by atoms with Crippen LogP contribution in [-0.2, 0) is 6.42 Å². The van der Waals surface area contributed by atoms with Crippen molar-refractivity contribution in [3.63, 3.8) is 0 Å². The normalized spacial score (nSPS) is 13.3. The summed E-state index contributed by atoms with van der Waals surface area (Å²) in [5.74, 6) is 0.899. The lowest BCUT2D eigenvalue weighted by atomic mass is 10.0. The molecule has 1 N–H and O–H groups in total. The minimum Gasteiger partial charge on any atom is -0.495 e. The molecule has 3 rings (SSSR count). The third kappa shape index (κ3) is 2.20. The van der Waals surface area contributed by atoms with E-state index in [4.69, 9.17) is 4.74 Å². The minimum atomic E-state index is 0.899. The van der Waals surface area contributed by atoms with Crippen LogP contribution in [0, 0.1) is 0 Å². The van der Waals surface area contributed by atoms with Gasteiger partial charge in [-0.25, -0.2) is 0 Å². The van der Waals surface area contributed by atoms with Crippen molar-refractivity contribution in [1.29, 1.82) is 0 Å². The van der Waals surface area contributed by atoms with Gasteiger partial charge in [-0.15, -0.1) is 0 Å². The summed E-state index contributed by atoms with van der Waals surface area (Å²) in [5, 5.41) is 3.48. The van der Waals surface area contributed by atoms with Crippen LogP contribution < -0.4 is 15.0 Å². The Labute approximate surface area is 120 Å². The molecule has 0 radical (unpaired) electrons. The number of para-hydroxylation sites is 2. The van der Waals surface area contributed by atoms with Crippen LogP contribution in [0.4, 0.5) is 17.1 Å². The quantitative estimate of drug-likeness (QED) is 0.915. The SMILES string of the molecule is COc1ccccc1N(C)c1cccc2c1CCCN2. The van der Waals surface area contributed by atoms with Crippen LogP contribution in [0.1, 0.15) is 12.0 Å². The molecule has 0 saturated carbocycles.